The molecule has 3 rings (SSSR count). The fourth-order valence-electron chi connectivity index (χ4n) is 2.82. The van der Waals surface area contributed by atoms with Crippen molar-refractivity contribution in [3.63, 3.8) is 0 Å². The van der Waals surface area contributed by atoms with E-state index in [0.29, 0.717) is 35.5 Å². The molecule has 0 radical (unpaired) electrons. The quantitative estimate of drug-likeness (QED) is 0.705. The second-order valence-electron chi connectivity index (χ2n) is 6.10. The van der Waals surface area contributed by atoms with Crippen molar-refractivity contribution in [3.8, 4) is 0 Å². The maximum atomic E-state index is 12.4. The van der Waals surface area contributed by atoms with E-state index < -0.39 is 5.97 Å². The molecule has 2 aromatic rings. The zero-order chi connectivity index (χ0) is 19.6. The summed E-state index contributed by atoms with van der Waals surface area (Å²) < 4.78 is 4.93. The van der Waals surface area contributed by atoms with Gasteiger partial charge in [0.05, 0.1) is 16.7 Å². The van der Waals surface area contributed by atoms with Crippen LogP contribution in [0.25, 0.3) is 0 Å². The molecule has 3 heterocycles. The largest absolute Gasteiger partial charge is 0.461 e. The highest BCUT2D eigenvalue weighted by Gasteiger charge is 2.26. The van der Waals surface area contributed by atoms with Gasteiger partial charge in [0, 0.05) is 24.8 Å². The number of piperidine rings is 1. The summed E-state index contributed by atoms with van der Waals surface area (Å²) in [6, 6.07) is 0.0182. The van der Waals surface area contributed by atoms with E-state index in [1.807, 2.05) is 4.90 Å². The number of hydrogen-bond donors (Lipinski definition) is 2. The van der Waals surface area contributed by atoms with Crippen LogP contribution >= 0.6 is 34.5 Å². The number of carbonyl (C=O) groups is 2. The Balaban J connectivity index is 1.55. The first-order valence-corrected chi connectivity index (χ1v) is 10.1. The third-order valence-electron chi connectivity index (χ3n) is 4.25. The summed E-state index contributed by atoms with van der Waals surface area (Å²) in [6.07, 6.45) is 1.48. The highest BCUT2D eigenvalue weighted by molar-refractivity contribution is 7.17. The molecular formula is C16H19Cl2N5O3S. The summed E-state index contributed by atoms with van der Waals surface area (Å²) in [4.78, 5) is 29.1. The number of aromatic amines is 1. The number of rotatable bonds is 5. The van der Waals surface area contributed by atoms with Crippen LogP contribution < -0.4 is 10.2 Å². The van der Waals surface area contributed by atoms with E-state index in [4.69, 9.17) is 27.9 Å². The molecule has 1 fully saturated rings. The van der Waals surface area contributed by atoms with E-state index in [2.05, 4.69) is 20.5 Å². The van der Waals surface area contributed by atoms with Crippen molar-refractivity contribution in [1.29, 1.82) is 0 Å². The van der Waals surface area contributed by atoms with E-state index in [9.17, 15) is 9.59 Å². The zero-order valence-corrected chi connectivity index (χ0v) is 17.2. The van der Waals surface area contributed by atoms with Crippen LogP contribution in [-0.2, 0) is 4.74 Å². The molecule has 8 nitrogen and oxygen atoms in total. The summed E-state index contributed by atoms with van der Waals surface area (Å²) in [5.41, 5.74) is 0.945. The maximum Gasteiger partial charge on any atom is 0.369 e. The molecular weight excluding hydrogens is 413 g/mol. The molecule has 1 aliphatic rings. The Hall–Kier alpha value is -1.84. The van der Waals surface area contributed by atoms with Gasteiger partial charge in [0.15, 0.2) is 0 Å². The molecule has 0 bridgehead atoms. The lowest BCUT2D eigenvalue weighted by molar-refractivity contribution is 0.0525. The minimum atomic E-state index is -0.458. The summed E-state index contributed by atoms with van der Waals surface area (Å²) in [7, 11) is 0. The lowest BCUT2D eigenvalue weighted by atomic mass is 10.1. The second-order valence-corrected chi connectivity index (χ2v) is 7.81. The molecule has 1 aliphatic heterocycles. The lowest BCUT2D eigenvalue weighted by Gasteiger charge is -2.31. The number of halogens is 2. The Bertz CT molecular complexity index is 845. The van der Waals surface area contributed by atoms with E-state index >= 15 is 0 Å². The van der Waals surface area contributed by atoms with E-state index in [0.717, 1.165) is 12.8 Å². The van der Waals surface area contributed by atoms with Gasteiger partial charge in [-0.25, -0.2) is 4.79 Å². The Morgan fingerprint density at radius 1 is 1.30 bits per heavy atom. The fourth-order valence-corrected chi connectivity index (χ4v) is 4.03. The van der Waals surface area contributed by atoms with E-state index in [1.165, 1.54) is 11.3 Å². The first-order chi connectivity index (χ1) is 12.9. The van der Waals surface area contributed by atoms with Crippen LogP contribution in [-0.4, -0.2) is 52.8 Å². The predicted octanol–water partition coefficient (Wildman–Crippen LogP) is 3.06. The SMILES string of the molecule is CCOC(=O)c1nnc(N2CCC(NC(=O)c3[nH]c(C)c(Cl)c3Cl)CC2)s1. The molecule has 1 amide bonds. The standard InChI is InChI=1S/C16H19Cl2N5O3S/c1-3-26-15(25)14-21-22-16(27-14)23-6-4-9(5-7-23)20-13(24)12-11(18)10(17)8(2)19-12/h9,19H,3-7H2,1-2H3,(H,20,24). The molecule has 0 saturated carbocycles. The van der Waals surface area contributed by atoms with Crippen molar-refractivity contribution in [2.24, 2.45) is 0 Å². The molecule has 1 saturated heterocycles. The second kappa shape index (κ2) is 8.45. The first kappa shape index (κ1) is 19.9. The highest BCUT2D eigenvalue weighted by Crippen LogP contribution is 2.29. The van der Waals surface area contributed by atoms with Gasteiger partial charge in [-0.15, -0.1) is 10.2 Å². The predicted molar refractivity (Wildman–Crippen MR) is 104 cm³/mol. The van der Waals surface area contributed by atoms with Crippen molar-refractivity contribution in [1.82, 2.24) is 20.5 Å². The number of carbonyl (C=O) groups excluding carboxylic acids is 2. The molecule has 0 aliphatic carbocycles. The van der Waals surface area contributed by atoms with Crippen molar-refractivity contribution >= 4 is 51.5 Å². The number of H-pyrrole nitrogens is 1. The Morgan fingerprint density at radius 3 is 2.59 bits per heavy atom. The van der Waals surface area contributed by atoms with Gasteiger partial charge < -0.3 is 19.9 Å². The van der Waals surface area contributed by atoms with Crippen LogP contribution in [0.3, 0.4) is 0 Å². The molecule has 0 unspecified atom stereocenters. The van der Waals surface area contributed by atoms with Crippen LogP contribution in [0, 0.1) is 6.92 Å². The molecule has 2 aromatic heterocycles. The van der Waals surface area contributed by atoms with Gasteiger partial charge in [-0.3, -0.25) is 4.79 Å². The molecule has 0 spiro atoms. The van der Waals surface area contributed by atoms with Gasteiger partial charge in [-0.05, 0) is 26.7 Å². The van der Waals surface area contributed by atoms with E-state index in [-0.39, 0.29) is 27.7 Å². The maximum absolute atomic E-state index is 12.4. The number of amides is 1. The normalized spacial score (nSPS) is 15.0. The number of aryl methyl sites for hydroxylation is 1. The number of hydrogen-bond acceptors (Lipinski definition) is 7. The zero-order valence-electron chi connectivity index (χ0n) is 14.8. The summed E-state index contributed by atoms with van der Waals surface area (Å²) >= 11 is 13.3. The summed E-state index contributed by atoms with van der Waals surface area (Å²) in [5.74, 6) is -0.728. The minimum absolute atomic E-state index is 0.0182. The number of nitrogens with zero attached hydrogens (tertiary/aromatic N) is 3. The number of nitrogens with one attached hydrogen (secondary N) is 2. The smallest absolute Gasteiger partial charge is 0.369 e. The minimum Gasteiger partial charge on any atom is -0.461 e. The van der Waals surface area contributed by atoms with Crippen molar-refractivity contribution in [3.05, 3.63) is 26.4 Å². The average Bonchev–Trinajstić information content (AvgIpc) is 3.24. The van der Waals surface area contributed by atoms with Crippen LogP contribution in [0.15, 0.2) is 0 Å². The van der Waals surface area contributed by atoms with Gasteiger partial charge >= 0.3 is 5.97 Å². The third kappa shape index (κ3) is 4.36. The first-order valence-electron chi connectivity index (χ1n) is 8.50. The number of esters is 1. The van der Waals surface area contributed by atoms with Crippen LogP contribution in [0.1, 0.15) is 45.7 Å². The summed E-state index contributed by atoms with van der Waals surface area (Å²) in [6.45, 7) is 5.19. The number of anilines is 1. The van der Waals surface area contributed by atoms with Gasteiger partial charge in [0.25, 0.3) is 5.91 Å². The molecule has 146 valence electrons. The van der Waals surface area contributed by atoms with Crippen molar-refractivity contribution in [2.45, 2.75) is 32.7 Å². The van der Waals surface area contributed by atoms with Crippen molar-refractivity contribution < 1.29 is 14.3 Å². The number of aromatic nitrogens is 3. The molecule has 0 atom stereocenters. The van der Waals surface area contributed by atoms with Crippen LogP contribution in [0.2, 0.25) is 10.0 Å². The monoisotopic (exact) mass is 431 g/mol. The fraction of sp³-hybridized carbons (Fsp3) is 0.500. The van der Waals surface area contributed by atoms with Gasteiger partial charge in [0.2, 0.25) is 10.1 Å². The molecule has 27 heavy (non-hydrogen) atoms. The van der Waals surface area contributed by atoms with Gasteiger partial charge in [-0.2, -0.15) is 0 Å². The third-order valence-corrected chi connectivity index (χ3v) is 6.16. The average molecular weight is 432 g/mol. The Morgan fingerprint density at radius 2 is 2.00 bits per heavy atom. The molecule has 2 N–H and O–H groups in total. The van der Waals surface area contributed by atoms with E-state index in [1.54, 1.807) is 13.8 Å². The Kier molecular flexibility index (Phi) is 6.23. The van der Waals surface area contributed by atoms with Gasteiger partial charge in [-0.1, -0.05) is 34.5 Å². The molecule has 0 aromatic carbocycles. The van der Waals surface area contributed by atoms with Crippen LogP contribution in [0.5, 0.6) is 0 Å². The topological polar surface area (TPSA) is 100 Å². The van der Waals surface area contributed by atoms with Crippen LogP contribution in [0.4, 0.5) is 5.13 Å². The van der Waals surface area contributed by atoms with Gasteiger partial charge in [0.1, 0.15) is 5.69 Å². The Labute approximate surface area is 170 Å². The molecule has 11 heteroatoms. The highest BCUT2D eigenvalue weighted by atomic mass is 35.5. The number of ether oxygens (including phenoxy) is 1. The lowest BCUT2D eigenvalue weighted by Crippen LogP contribution is -2.44. The summed E-state index contributed by atoms with van der Waals surface area (Å²) in [5, 5.41) is 12.5. The van der Waals surface area contributed by atoms with Crippen molar-refractivity contribution in [2.75, 3.05) is 24.6 Å².